The molecule has 0 aliphatic heterocycles. The molecule has 1 aromatic rings. The minimum Gasteiger partial charge on any atom is -0.481 e. The highest BCUT2D eigenvalue weighted by Gasteiger charge is 2.38. The van der Waals surface area contributed by atoms with Crippen LogP contribution in [0.4, 0.5) is 5.82 Å². The molecule has 0 radical (unpaired) electrons. The highest BCUT2D eigenvalue weighted by atomic mass is 16.5. The quantitative estimate of drug-likeness (QED) is 0.912. The largest absolute Gasteiger partial charge is 0.481 e. The molecule has 1 aliphatic rings. The number of ether oxygens (including phenoxy) is 1. The molecule has 4 heteroatoms. The molecule has 20 heavy (non-hydrogen) atoms. The van der Waals surface area contributed by atoms with Crippen molar-refractivity contribution < 1.29 is 4.74 Å². The third-order valence-electron chi connectivity index (χ3n) is 4.13. The Bertz CT molecular complexity index is 467. The maximum atomic E-state index is 5.27. The summed E-state index contributed by atoms with van der Waals surface area (Å²) in [5.41, 5.74) is 1.71. The average Bonchev–Trinajstić information content (AvgIpc) is 2.27. The molecule has 0 atom stereocenters. The standard InChI is InChI=1S/C16H27N3O/c1-11-13(17-10-18-14(11)20-6)19-12-7-15(2,3)9-16(4,5)8-12/h10,12H,7-9H2,1-6H3,(H,17,18,19). The van der Waals surface area contributed by atoms with Gasteiger partial charge >= 0.3 is 0 Å². The average molecular weight is 277 g/mol. The van der Waals surface area contributed by atoms with Gasteiger partial charge in [0.05, 0.1) is 12.7 Å². The number of nitrogens with zero attached hydrogens (tertiary/aromatic N) is 2. The lowest BCUT2D eigenvalue weighted by Gasteiger charge is -2.45. The van der Waals surface area contributed by atoms with Crippen molar-refractivity contribution >= 4 is 5.82 Å². The topological polar surface area (TPSA) is 47.0 Å². The van der Waals surface area contributed by atoms with Crippen LogP contribution in [0.25, 0.3) is 0 Å². The number of methoxy groups -OCH3 is 1. The van der Waals surface area contributed by atoms with Crippen molar-refractivity contribution in [2.45, 2.75) is 59.9 Å². The minimum atomic E-state index is 0.366. The van der Waals surface area contributed by atoms with E-state index < -0.39 is 0 Å². The summed E-state index contributed by atoms with van der Waals surface area (Å²) in [7, 11) is 1.64. The summed E-state index contributed by atoms with van der Waals surface area (Å²) in [6.45, 7) is 11.4. The molecule has 1 fully saturated rings. The van der Waals surface area contributed by atoms with Crippen molar-refractivity contribution in [2.75, 3.05) is 12.4 Å². The zero-order valence-electron chi connectivity index (χ0n) is 13.6. The van der Waals surface area contributed by atoms with E-state index in [1.54, 1.807) is 13.4 Å². The van der Waals surface area contributed by atoms with E-state index in [0.717, 1.165) is 11.4 Å². The van der Waals surface area contributed by atoms with Crippen molar-refractivity contribution in [1.82, 2.24) is 9.97 Å². The SMILES string of the molecule is COc1ncnc(NC2CC(C)(C)CC(C)(C)C2)c1C. The van der Waals surface area contributed by atoms with Crippen LogP contribution in [0.15, 0.2) is 6.33 Å². The molecule has 0 amide bonds. The molecule has 1 saturated carbocycles. The number of aromatic nitrogens is 2. The second-order valence-corrected chi connectivity index (χ2v) is 7.61. The molecule has 0 bridgehead atoms. The van der Waals surface area contributed by atoms with Crippen LogP contribution in [0.1, 0.15) is 52.5 Å². The Hall–Kier alpha value is -1.32. The molecule has 0 spiro atoms. The summed E-state index contributed by atoms with van der Waals surface area (Å²) in [5.74, 6) is 1.55. The van der Waals surface area contributed by atoms with Gasteiger partial charge in [-0.05, 0) is 37.0 Å². The first-order valence-corrected chi connectivity index (χ1v) is 7.35. The van der Waals surface area contributed by atoms with Crippen LogP contribution in [-0.2, 0) is 0 Å². The van der Waals surface area contributed by atoms with Gasteiger partial charge in [-0.25, -0.2) is 9.97 Å². The van der Waals surface area contributed by atoms with Crippen LogP contribution in [0.2, 0.25) is 0 Å². The van der Waals surface area contributed by atoms with Crippen LogP contribution in [0, 0.1) is 17.8 Å². The van der Waals surface area contributed by atoms with Crippen molar-refractivity contribution in [1.29, 1.82) is 0 Å². The van der Waals surface area contributed by atoms with E-state index >= 15 is 0 Å². The lowest BCUT2D eigenvalue weighted by molar-refractivity contribution is 0.105. The second-order valence-electron chi connectivity index (χ2n) is 7.61. The molecule has 112 valence electrons. The summed E-state index contributed by atoms with van der Waals surface area (Å²) in [6.07, 6.45) is 5.17. The zero-order chi connectivity index (χ0) is 15.0. The van der Waals surface area contributed by atoms with E-state index in [0.29, 0.717) is 22.8 Å². The Labute approximate surface area is 122 Å². The maximum absolute atomic E-state index is 5.27. The summed E-state index contributed by atoms with van der Waals surface area (Å²) in [6, 6.07) is 0.451. The van der Waals surface area contributed by atoms with E-state index in [1.165, 1.54) is 19.3 Å². The van der Waals surface area contributed by atoms with E-state index in [2.05, 4.69) is 43.0 Å². The summed E-state index contributed by atoms with van der Waals surface area (Å²) < 4.78 is 5.27. The van der Waals surface area contributed by atoms with E-state index in [9.17, 15) is 0 Å². The third kappa shape index (κ3) is 3.41. The molecule has 1 aliphatic carbocycles. The minimum absolute atomic E-state index is 0.366. The Kier molecular flexibility index (Phi) is 3.94. The van der Waals surface area contributed by atoms with Gasteiger partial charge in [-0.1, -0.05) is 27.7 Å². The van der Waals surface area contributed by atoms with Crippen molar-refractivity contribution in [3.05, 3.63) is 11.9 Å². The van der Waals surface area contributed by atoms with Gasteiger partial charge < -0.3 is 10.1 Å². The van der Waals surface area contributed by atoms with Crippen molar-refractivity contribution in [3.8, 4) is 5.88 Å². The number of nitrogens with one attached hydrogen (secondary N) is 1. The molecule has 1 N–H and O–H groups in total. The van der Waals surface area contributed by atoms with Gasteiger partial charge in [0.2, 0.25) is 5.88 Å². The third-order valence-corrected chi connectivity index (χ3v) is 4.13. The molecular weight excluding hydrogens is 250 g/mol. The van der Waals surface area contributed by atoms with Gasteiger partial charge in [0.15, 0.2) is 0 Å². The number of anilines is 1. The predicted octanol–water partition coefficient (Wildman–Crippen LogP) is 3.81. The summed E-state index contributed by atoms with van der Waals surface area (Å²) >= 11 is 0. The number of hydrogen-bond donors (Lipinski definition) is 1. The molecule has 0 unspecified atom stereocenters. The Balaban J connectivity index is 2.17. The molecule has 1 heterocycles. The van der Waals surface area contributed by atoms with Crippen LogP contribution >= 0.6 is 0 Å². The van der Waals surface area contributed by atoms with Gasteiger partial charge in [0.1, 0.15) is 12.1 Å². The monoisotopic (exact) mass is 277 g/mol. The molecule has 0 saturated heterocycles. The fourth-order valence-corrected chi connectivity index (χ4v) is 3.93. The first-order chi connectivity index (χ1) is 9.22. The summed E-state index contributed by atoms with van der Waals surface area (Å²) in [5, 5.41) is 3.60. The second kappa shape index (κ2) is 5.23. The Morgan fingerprint density at radius 2 is 1.75 bits per heavy atom. The highest BCUT2D eigenvalue weighted by molar-refractivity contribution is 5.48. The fraction of sp³-hybridized carbons (Fsp3) is 0.750. The van der Waals surface area contributed by atoms with Crippen molar-refractivity contribution in [2.24, 2.45) is 10.8 Å². The molecule has 1 aromatic heterocycles. The van der Waals surface area contributed by atoms with E-state index in [-0.39, 0.29) is 0 Å². The molecular formula is C16H27N3O. The maximum Gasteiger partial charge on any atom is 0.221 e. The Morgan fingerprint density at radius 1 is 1.15 bits per heavy atom. The smallest absolute Gasteiger partial charge is 0.221 e. The Morgan fingerprint density at radius 3 is 2.30 bits per heavy atom. The lowest BCUT2D eigenvalue weighted by atomic mass is 9.63. The normalized spacial score (nSPS) is 21.5. The zero-order valence-corrected chi connectivity index (χ0v) is 13.6. The van der Waals surface area contributed by atoms with Gasteiger partial charge in [-0.3, -0.25) is 0 Å². The van der Waals surface area contributed by atoms with Gasteiger partial charge in [-0.15, -0.1) is 0 Å². The van der Waals surface area contributed by atoms with Gasteiger partial charge in [0, 0.05) is 6.04 Å². The van der Waals surface area contributed by atoms with Crippen LogP contribution in [0.5, 0.6) is 5.88 Å². The van der Waals surface area contributed by atoms with Crippen LogP contribution < -0.4 is 10.1 Å². The molecule has 2 rings (SSSR count). The lowest BCUT2D eigenvalue weighted by Crippen LogP contribution is -2.40. The molecule has 0 aromatic carbocycles. The number of hydrogen-bond acceptors (Lipinski definition) is 4. The highest BCUT2D eigenvalue weighted by Crippen LogP contribution is 2.46. The van der Waals surface area contributed by atoms with E-state index in [4.69, 9.17) is 4.74 Å². The van der Waals surface area contributed by atoms with Crippen LogP contribution in [-0.4, -0.2) is 23.1 Å². The predicted molar refractivity (Wildman–Crippen MR) is 82.1 cm³/mol. The van der Waals surface area contributed by atoms with E-state index in [1.807, 2.05) is 6.92 Å². The first kappa shape index (κ1) is 15.1. The fourth-order valence-electron chi connectivity index (χ4n) is 3.93. The van der Waals surface area contributed by atoms with Gasteiger partial charge in [-0.2, -0.15) is 0 Å². The first-order valence-electron chi connectivity index (χ1n) is 7.35. The molecule has 4 nitrogen and oxygen atoms in total. The summed E-state index contributed by atoms with van der Waals surface area (Å²) in [4.78, 5) is 8.51. The van der Waals surface area contributed by atoms with Crippen LogP contribution in [0.3, 0.4) is 0 Å². The van der Waals surface area contributed by atoms with Crippen molar-refractivity contribution in [3.63, 3.8) is 0 Å². The van der Waals surface area contributed by atoms with Gasteiger partial charge in [0.25, 0.3) is 0 Å². The number of rotatable bonds is 3.